The Kier molecular flexibility index (Phi) is 5.16. The predicted octanol–water partition coefficient (Wildman–Crippen LogP) is 3.62. The molecule has 4 rings (SSSR count). The van der Waals surface area contributed by atoms with Crippen LogP contribution in [-0.4, -0.2) is 43.0 Å². The van der Waals surface area contributed by atoms with Gasteiger partial charge in [0.25, 0.3) is 0 Å². The van der Waals surface area contributed by atoms with E-state index in [9.17, 15) is 9.59 Å². The van der Waals surface area contributed by atoms with Crippen LogP contribution in [0.4, 0.5) is 10.5 Å². The van der Waals surface area contributed by atoms with Gasteiger partial charge in [0.2, 0.25) is 5.91 Å². The second kappa shape index (κ2) is 7.72. The van der Waals surface area contributed by atoms with E-state index in [-0.39, 0.29) is 23.9 Å². The summed E-state index contributed by atoms with van der Waals surface area (Å²) in [5.74, 6) is -0.0684. The van der Waals surface area contributed by atoms with Gasteiger partial charge in [0.1, 0.15) is 6.54 Å². The van der Waals surface area contributed by atoms with E-state index in [1.54, 1.807) is 21.1 Å². The van der Waals surface area contributed by atoms with Gasteiger partial charge in [-0.2, -0.15) is 0 Å². The summed E-state index contributed by atoms with van der Waals surface area (Å²) in [6, 6.07) is 13.8. The van der Waals surface area contributed by atoms with E-state index in [1.807, 2.05) is 30.3 Å². The third-order valence-corrected chi connectivity index (χ3v) is 6.84. The van der Waals surface area contributed by atoms with Crippen LogP contribution in [0, 0.1) is 0 Å². The van der Waals surface area contributed by atoms with Crippen molar-refractivity contribution in [3.63, 3.8) is 0 Å². The highest BCUT2D eigenvalue weighted by Crippen LogP contribution is 2.42. The zero-order chi connectivity index (χ0) is 18.7. The molecule has 1 saturated heterocycles. The second-order valence-electron chi connectivity index (χ2n) is 7.43. The highest BCUT2D eigenvalue weighted by Gasteiger charge is 2.37. The molecule has 0 atom stereocenters. The zero-order valence-electron chi connectivity index (χ0n) is 15.4. The molecule has 1 aliphatic heterocycles. The van der Waals surface area contributed by atoms with E-state index in [0.717, 1.165) is 18.5 Å². The van der Waals surface area contributed by atoms with E-state index in [4.69, 9.17) is 0 Å². The standard InChI is InChI=1S/C21H25N3O2S/c25-19(22-16-21(10-4-5-11-21)18-9-6-14-27-18)15-23-12-13-24(20(23)26)17-7-2-1-3-8-17/h1-3,6-9,14H,4-5,10-13,15-16H2,(H,22,25). The van der Waals surface area contributed by atoms with Gasteiger partial charge in [-0.1, -0.05) is 37.1 Å². The maximum atomic E-state index is 12.6. The molecule has 2 aliphatic rings. The van der Waals surface area contributed by atoms with Gasteiger partial charge >= 0.3 is 6.03 Å². The van der Waals surface area contributed by atoms with Crippen molar-refractivity contribution in [3.05, 3.63) is 52.7 Å². The average molecular weight is 384 g/mol. The zero-order valence-corrected chi connectivity index (χ0v) is 16.2. The Morgan fingerprint density at radius 3 is 2.56 bits per heavy atom. The van der Waals surface area contributed by atoms with Gasteiger partial charge in [0.05, 0.1) is 0 Å². The monoisotopic (exact) mass is 383 g/mol. The normalized spacial score (nSPS) is 18.9. The lowest BCUT2D eigenvalue weighted by atomic mass is 9.84. The molecule has 27 heavy (non-hydrogen) atoms. The molecular formula is C21H25N3O2S. The van der Waals surface area contributed by atoms with Crippen LogP contribution in [0.15, 0.2) is 47.8 Å². The molecule has 2 heterocycles. The molecule has 0 bridgehead atoms. The van der Waals surface area contributed by atoms with Crippen LogP contribution in [0.5, 0.6) is 0 Å². The minimum atomic E-state index is -0.0924. The van der Waals surface area contributed by atoms with Crippen molar-refractivity contribution < 1.29 is 9.59 Å². The van der Waals surface area contributed by atoms with Crippen LogP contribution in [-0.2, 0) is 10.2 Å². The highest BCUT2D eigenvalue weighted by atomic mass is 32.1. The SMILES string of the molecule is O=C(CN1CCN(c2ccccc2)C1=O)NCC1(c2cccs2)CCCC1. The van der Waals surface area contributed by atoms with Gasteiger partial charge in [-0.15, -0.1) is 11.3 Å². The molecule has 2 fully saturated rings. The minimum Gasteiger partial charge on any atom is -0.354 e. The molecular weight excluding hydrogens is 358 g/mol. The quantitative estimate of drug-likeness (QED) is 0.828. The first-order valence-corrected chi connectivity index (χ1v) is 10.5. The summed E-state index contributed by atoms with van der Waals surface area (Å²) in [7, 11) is 0. The fraction of sp³-hybridized carbons (Fsp3) is 0.429. The number of anilines is 1. The van der Waals surface area contributed by atoms with Crippen molar-refractivity contribution >= 4 is 29.0 Å². The molecule has 1 N–H and O–H groups in total. The summed E-state index contributed by atoms with van der Waals surface area (Å²) in [5, 5.41) is 5.22. The number of carbonyl (C=O) groups excluding carboxylic acids is 2. The number of hydrogen-bond donors (Lipinski definition) is 1. The summed E-state index contributed by atoms with van der Waals surface area (Å²) in [6.45, 7) is 1.99. The Balaban J connectivity index is 1.34. The van der Waals surface area contributed by atoms with Crippen molar-refractivity contribution in [2.24, 2.45) is 0 Å². The summed E-state index contributed by atoms with van der Waals surface area (Å²) >= 11 is 1.78. The van der Waals surface area contributed by atoms with Crippen LogP contribution < -0.4 is 10.2 Å². The van der Waals surface area contributed by atoms with E-state index in [1.165, 1.54) is 17.7 Å². The largest absolute Gasteiger partial charge is 0.354 e. The van der Waals surface area contributed by atoms with Gasteiger partial charge in [0.15, 0.2) is 0 Å². The van der Waals surface area contributed by atoms with Crippen molar-refractivity contribution in [1.82, 2.24) is 10.2 Å². The maximum Gasteiger partial charge on any atom is 0.325 e. The molecule has 1 aromatic heterocycles. The van der Waals surface area contributed by atoms with Gasteiger partial charge in [-0.3, -0.25) is 9.69 Å². The van der Waals surface area contributed by atoms with Crippen LogP contribution in [0.25, 0.3) is 0 Å². The molecule has 5 nitrogen and oxygen atoms in total. The van der Waals surface area contributed by atoms with Gasteiger partial charge < -0.3 is 10.2 Å². The number of urea groups is 1. The molecule has 142 valence electrons. The number of benzene rings is 1. The Bertz CT molecular complexity index is 785. The molecule has 0 unspecified atom stereocenters. The van der Waals surface area contributed by atoms with Crippen LogP contribution >= 0.6 is 11.3 Å². The molecule has 1 aromatic carbocycles. The lowest BCUT2D eigenvalue weighted by Crippen LogP contribution is -2.44. The predicted molar refractivity (Wildman–Crippen MR) is 108 cm³/mol. The third kappa shape index (κ3) is 3.72. The van der Waals surface area contributed by atoms with Crippen LogP contribution in [0.3, 0.4) is 0 Å². The van der Waals surface area contributed by atoms with Crippen molar-refractivity contribution in [2.75, 3.05) is 31.1 Å². The van der Waals surface area contributed by atoms with Gasteiger partial charge in [-0.25, -0.2) is 4.79 Å². The van der Waals surface area contributed by atoms with Crippen molar-refractivity contribution in [2.45, 2.75) is 31.1 Å². The number of carbonyl (C=O) groups is 2. The Morgan fingerprint density at radius 1 is 1.07 bits per heavy atom. The molecule has 6 heteroatoms. The summed E-state index contributed by atoms with van der Waals surface area (Å²) in [6.07, 6.45) is 4.67. The smallest absolute Gasteiger partial charge is 0.325 e. The first kappa shape index (κ1) is 18.0. The summed E-state index contributed by atoms with van der Waals surface area (Å²) in [4.78, 5) is 29.9. The van der Waals surface area contributed by atoms with Crippen molar-refractivity contribution in [3.8, 4) is 0 Å². The Labute approximate surface area is 164 Å². The number of rotatable bonds is 6. The number of thiophene rings is 1. The fourth-order valence-electron chi connectivity index (χ4n) is 4.22. The Hall–Kier alpha value is -2.34. The molecule has 3 amide bonds. The lowest BCUT2D eigenvalue weighted by molar-refractivity contribution is -0.121. The lowest BCUT2D eigenvalue weighted by Gasteiger charge is -2.28. The number of amides is 3. The van der Waals surface area contributed by atoms with Crippen LogP contribution in [0.2, 0.25) is 0 Å². The van der Waals surface area contributed by atoms with E-state index < -0.39 is 0 Å². The Morgan fingerprint density at radius 2 is 1.85 bits per heavy atom. The first-order valence-electron chi connectivity index (χ1n) is 9.60. The van der Waals surface area contributed by atoms with E-state index in [2.05, 4.69) is 22.8 Å². The topological polar surface area (TPSA) is 52.7 Å². The number of nitrogens with one attached hydrogen (secondary N) is 1. The van der Waals surface area contributed by atoms with Crippen molar-refractivity contribution in [1.29, 1.82) is 0 Å². The van der Waals surface area contributed by atoms with Gasteiger partial charge in [0, 0.05) is 35.6 Å². The van der Waals surface area contributed by atoms with Crippen LogP contribution in [0.1, 0.15) is 30.6 Å². The minimum absolute atomic E-state index is 0.0684. The molecule has 0 spiro atoms. The number of nitrogens with zero attached hydrogens (tertiary/aromatic N) is 2. The molecule has 2 aromatic rings. The maximum absolute atomic E-state index is 12.6. The van der Waals surface area contributed by atoms with Gasteiger partial charge in [-0.05, 0) is 36.4 Å². The number of hydrogen-bond acceptors (Lipinski definition) is 3. The summed E-state index contributed by atoms with van der Waals surface area (Å²) in [5.41, 5.74) is 0.961. The molecule has 1 aliphatic carbocycles. The first-order chi connectivity index (χ1) is 13.2. The van der Waals surface area contributed by atoms with E-state index >= 15 is 0 Å². The van der Waals surface area contributed by atoms with E-state index in [0.29, 0.717) is 19.6 Å². The third-order valence-electron chi connectivity index (χ3n) is 5.73. The molecule has 0 radical (unpaired) electrons. The average Bonchev–Trinajstić information content (AvgIpc) is 3.43. The summed E-state index contributed by atoms with van der Waals surface area (Å²) < 4.78 is 0. The molecule has 1 saturated carbocycles. The fourth-order valence-corrected chi connectivity index (χ4v) is 5.20. The number of para-hydroxylation sites is 1. The highest BCUT2D eigenvalue weighted by molar-refractivity contribution is 7.10. The second-order valence-corrected chi connectivity index (χ2v) is 8.38.